The predicted octanol–water partition coefficient (Wildman–Crippen LogP) is 1.08. The zero-order chi connectivity index (χ0) is 16.5. The number of rotatable bonds is 3. The first-order valence-corrected chi connectivity index (χ1v) is 8.05. The second-order valence-electron chi connectivity index (χ2n) is 5.97. The first-order chi connectivity index (χ1) is 11.7. The van der Waals surface area contributed by atoms with E-state index in [1.807, 2.05) is 31.2 Å². The molecule has 7 heteroatoms. The molecule has 124 valence electrons. The highest BCUT2D eigenvalue weighted by Crippen LogP contribution is 2.17. The van der Waals surface area contributed by atoms with Gasteiger partial charge in [0.05, 0.1) is 19.8 Å². The number of hydrogen-bond acceptors (Lipinski definition) is 5. The standard InChI is InChI=1S/C17H19N5O2/c1-13-2-4-14(5-3-13)12-22-17(23)21-7-6-18-15(16(21)19-22)20-8-10-24-11-9-20/h2-7H,8-12H2,1H3. The van der Waals surface area contributed by atoms with Crippen LogP contribution in [0.15, 0.2) is 41.5 Å². The second-order valence-corrected chi connectivity index (χ2v) is 5.97. The second kappa shape index (κ2) is 6.09. The fraction of sp³-hybridized carbons (Fsp3) is 0.353. The lowest BCUT2D eigenvalue weighted by molar-refractivity contribution is 0.122. The fourth-order valence-electron chi connectivity index (χ4n) is 2.90. The summed E-state index contributed by atoms with van der Waals surface area (Å²) in [5.41, 5.74) is 2.69. The Kier molecular flexibility index (Phi) is 3.78. The van der Waals surface area contributed by atoms with E-state index in [-0.39, 0.29) is 5.69 Å². The van der Waals surface area contributed by atoms with E-state index >= 15 is 0 Å². The van der Waals surface area contributed by atoms with Crippen LogP contribution >= 0.6 is 0 Å². The molecule has 1 aliphatic heterocycles. The van der Waals surface area contributed by atoms with Gasteiger partial charge in [0.1, 0.15) is 0 Å². The average molecular weight is 325 g/mol. The monoisotopic (exact) mass is 325 g/mol. The Morgan fingerprint density at radius 2 is 1.92 bits per heavy atom. The highest BCUT2D eigenvalue weighted by Gasteiger charge is 2.19. The number of aromatic nitrogens is 4. The van der Waals surface area contributed by atoms with Crippen molar-refractivity contribution in [1.29, 1.82) is 0 Å². The number of ether oxygens (including phenoxy) is 1. The molecule has 0 aliphatic carbocycles. The van der Waals surface area contributed by atoms with Gasteiger partial charge in [0, 0.05) is 25.5 Å². The van der Waals surface area contributed by atoms with Crippen LogP contribution < -0.4 is 10.6 Å². The Morgan fingerprint density at radius 3 is 2.67 bits per heavy atom. The largest absolute Gasteiger partial charge is 0.378 e. The molecule has 0 atom stereocenters. The molecule has 3 heterocycles. The van der Waals surface area contributed by atoms with Gasteiger partial charge in [-0.3, -0.25) is 0 Å². The minimum atomic E-state index is -0.150. The van der Waals surface area contributed by atoms with E-state index < -0.39 is 0 Å². The Bertz CT molecular complexity index is 907. The van der Waals surface area contributed by atoms with Crippen LogP contribution in [0.25, 0.3) is 5.65 Å². The van der Waals surface area contributed by atoms with Gasteiger partial charge in [0.2, 0.25) is 5.65 Å². The lowest BCUT2D eigenvalue weighted by Crippen LogP contribution is -2.37. The van der Waals surface area contributed by atoms with Gasteiger partial charge in [0.25, 0.3) is 0 Å². The smallest absolute Gasteiger partial charge is 0.350 e. The maximum Gasteiger partial charge on any atom is 0.350 e. The third-order valence-corrected chi connectivity index (χ3v) is 4.25. The first kappa shape index (κ1) is 14.9. The number of morpholine rings is 1. The molecule has 1 aliphatic rings. The van der Waals surface area contributed by atoms with E-state index in [0.29, 0.717) is 25.4 Å². The van der Waals surface area contributed by atoms with E-state index in [2.05, 4.69) is 15.0 Å². The molecular formula is C17H19N5O2. The zero-order valence-electron chi connectivity index (χ0n) is 13.6. The zero-order valence-corrected chi connectivity index (χ0v) is 13.6. The van der Waals surface area contributed by atoms with E-state index in [1.54, 1.807) is 16.8 Å². The van der Waals surface area contributed by atoms with Crippen LogP contribution in [0, 0.1) is 6.92 Å². The molecule has 0 spiro atoms. The maximum atomic E-state index is 12.6. The van der Waals surface area contributed by atoms with Crippen molar-refractivity contribution >= 4 is 11.5 Å². The van der Waals surface area contributed by atoms with Crippen molar-refractivity contribution in [3.63, 3.8) is 0 Å². The van der Waals surface area contributed by atoms with Crippen LogP contribution in [0.4, 0.5) is 5.82 Å². The summed E-state index contributed by atoms with van der Waals surface area (Å²) in [5.74, 6) is 0.737. The molecule has 0 N–H and O–H groups in total. The molecule has 2 aromatic heterocycles. The Morgan fingerprint density at radius 1 is 1.17 bits per heavy atom. The van der Waals surface area contributed by atoms with Gasteiger partial charge < -0.3 is 9.64 Å². The van der Waals surface area contributed by atoms with Gasteiger partial charge in [-0.15, -0.1) is 5.10 Å². The molecule has 1 fully saturated rings. The SMILES string of the molecule is Cc1ccc(Cn2nc3c(N4CCOCC4)nccn3c2=O)cc1. The summed E-state index contributed by atoms with van der Waals surface area (Å²) in [7, 11) is 0. The highest BCUT2D eigenvalue weighted by molar-refractivity contribution is 5.63. The first-order valence-electron chi connectivity index (χ1n) is 8.05. The molecule has 0 bridgehead atoms. The van der Waals surface area contributed by atoms with E-state index in [4.69, 9.17) is 4.74 Å². The van der Waals surface area contributed by atoms with Crippen LogP contribution in [-0.4, -0.2) is 45.5 Å². The molecule has 0 radical (unpaired) electrons. The van der Waals surface area contributed by atoms with Gasteiger partial charge in [-0.05, 0) is 12.5 Å². The summed E-state index contributed by atoms with van der Waals surface area (Å²) in [6.45, 7) is 5.33. The Balaban J connectivity index is 1.73. The van der Waals surface area contributed by atoms with E-state index in [0.717, 1.165) is 24.5 Å². The number of hydrogen-bond donors (Lipinski definition) is 0. The summed E-state index contributed by atoms with van der Waals surface area (Å²) in [5, 5.41) is 4.53. The number of anilines is 1. The quantitative estimate of drug-likeness (QED) is 0.721. The molecular weight excluding hydrogens is 306 g/mol. The van der Waals surface area contributed by atoms with Crippen molar-refractivity contribution in [3.05, 3.63) is 58.3 Å². The van der Waals surface area contributed by atoms with E-state index in [1.165, 1.54) is 10.2 Å². The minimum Gasteiger partial charge on any atom is -0.378 e. The third kappa shape index (κ3) is 2.67. The lowest BCUT2D eigenvalue weighted by Gasteiger charge is -2.27. The number of fused-ring (bicyclic) bond motifs is 1. The van der Waals surface area contributed by atoms with Crippen LogP contribution in [0.5, 0.6) is 0 Å². The third-order valence-electron chi connectivity index (χ3n) is 4.25. The van der Waals surface area contributed by atoms with Crippen LogP contribution in [-0.2, 0) is 11.3 Å². The summed E-state index contributed by atoms with van der Waals surface area (Å²) in [6.07, 6.45) is 3.32. The van der Waals surface area contributed by atoms with E-state index in [9.17, 15) is 4.79 Å². The lowest BCUT2D eigenvalue weighted by atomic mass is 10.1. The van der Waals surface area contributed by atoms with Gasteiger partial charge in [-0.25, -0.2) is 18.9 Å². The Labute approximate surface area is 139 Å². The molecule has 1 aromatic carbocycles. The van der Waals surface area contributed by atoms with Crippen molar-refractivity contribution in [2.75, 3.05) is 31.2 Å². The molecule has 3 aromatic rings. The molecule has 0 unspecified atom stereocenters. The normalized spacial score (nSPS) is 15.1. The van der Waals surface area contributed by atoms with Crippen LogP contribution in [0.1, 0.15) is 11.1 Å². The Hall–Kier alpha value is -2.67. The summed E-state index contributed by atoms with van der Waals surface area (Å²) in [4.78, 5) is 19.2. The van der Waals surface area contributed by atoms with Gasteiger partial charge in [-0.1, -0.05) is 29.8 Å². The van der Waals surface area contributed by atoms with Gasteiger partial charge >= 0.3 is 5.69 Å². The van der Waals surface area contributed by atoms with Crippen molar-refractivity contribution in [2.45, 2.75) is 13.5 Å². The molecule has 1 saturated heterocycles. The molecule has 24 heavy (non-hydrogen) atoms. The molecule has 0 saturated carbocycles. The van der Waals surface area contributed by atoms with Gasteiger partial charge in [0.15, 0.2) is 5.82 Å². The van der Waals surface area contributed by atoms with Gasteiger partial charge in [-0.2, -0.15) is 0 Å². The van der Waals surface area contributed by atoms with Crippen LogP contribution in [0.3, 0.4) is 0 Å². The molecule has 4 rings (SSSR count). The highest BCUT2D eigenvalue weighted by atomic mass is 16.5. The van der Waals surface area contributed by atoms with Crippen molar-refractivity contribution in [1.82, 2.24) is 19.2 Å². The summed E-state index contributed by atoms with van der Waals surface area (Å²) >= 11 is 0. The topological polar surface area (TPSA) is 64.7 Å². The minimum absolute atomic E-state index is 0.150. The summed E-state index contributed by atoms with van der Waals surface area (Å²) < 4.78 is 8.44. The predicted molar refractivity (Wildman–Crippen MR) is 90.6 cm³/mol. The van der Waals surface area contributed by atoms with Crippen LogP contribution in [0.2, 0.25) is 0 Å². The number of benzene rings is 1. The molecule has 7 nitrogen and oxygen atoms in total. The van der Waals surface area contributed by atoms with Crippen molar-refractivity contribution in [3.8, 4) is 0 Å². The maximum absolute atomic E-state index is 12.6. The fourth-order valence-corrected chi connectivity index (χ4v) is 2.90. The summed E-state index contributed by atoms with van der Waals surface area (Å²) in [6, 6.07) is 8.12. The number of nitrogens with zero attached hydrogens (tertiary/aromatic N) is 5. The van der Waals surface area contributed by atoms with Crippen molar-refractivity contribution in [2.24, 2.45) is 0 Å². The average Bonchev–Trinajstić information content (AvgIpc) is 2.94. The number of aryl methyl sites for hydroxylation is 1. The molecule has 0 amide bonds. The van der Waals surface area contributed by atoms with Crippen molar-refractivity contribution < 1.29 is 4.74 Å².